The van der Waals surface area contributed by atoms with Crippen molar-refractivity contribution < 1.29 is 115 Å². The Bertz CT molecular complexity index is 5580. The zero-order chi connectivity index (χ0) is 94.8. The predicted octanol–water partition coefficient (Wildman–Crippen LogP) is 31.3. The Hall–Kier alpha value is -9.10. The number of nitrogens with zero attached hydrogens (tertiary/aromatic N) is 3. The Kier molecular flexibility index (Phi) is 42.8. The number of ketones is 3. The van der Waals surface area contributed by atoms with Gasteiger partial charge < -0.3 is 43.5 Å². The Morgan fingerprint density at radius 2 is 0.675 bits per heavy atom. The number of aliphatic hydroxyl groups excluding tert-OH is 3. The minimum Gasteiger partial charge on any atom is -0.512 e. The van der Waals surface area contributed by atoms with Gasteiger partial charge in [-0.2, -0.15) is 0 Å². The van der Waals surface area contributed by atoms with Gasteiger partial charge in [0.05, 0.1) is 17.3 Å². The molecule has 12 rings (SSSR count). The molecule has 16 heteroatoms. The Balaban J connectivity index is 0.000000336. The van der Waals surface area contributed by atoms with Crippen LogP contribution in [-0.2, 0) is 74.7 Å². The molecule has 0 unspecified atom stereocenters. The fraction of sp³-hybridized carbons (Fsp3) is 0.400. The van der Waals surface area contributed by atoms with E-state index in [0.29, 0.717) is 34.0 Å². The van der Waals surface area contributed by atoms with Crippen LogP contribution in [0.15, 0.2) is 201 Å². The second kappa shape index (κ2) is 53.6. The van der Waals surface area contributed by atoms with E-state index in [1.807, 2.05) is 218 Å². The molecule has 12 nitrogen and oxygen atoms in total. The van der Waals surface area contributed by atoms with Crippen molar-refractivity contribution in [3.8, 4) is 67.7 Å². The van der Waals surface area contributed by atoms with E-state index in [9.17, 15) is 34.1 Å². The molecule has 0 aliphatic carbocycles. The van der Waals surface area contributed by atoms with Gasteiger partial charge in [0, 0.05) is 172 Å². The van der Waals surface area contributed by atoms with Crippen LogP contribution in [0.1, 0.15) is 262 Å². The molecule has 3 N–H and O–H groups in total. The van der Waals surface area contributed by atoms with Gasteiger partial charge in [0.15, 0.2) is 17.3 Å². The van der Waals surface area contributed by atoms with E-state index in [-0.39, 0.29) is 136 Å². The molecule has 6 aromatic heterocycles. The predicted molar refractivity (Wildman–Crippen MR) is 509 cm³/mol. The summed E-state index contributed by atoms with van der Waals surface area (Å²) in [6.45, 7) is 43.6. The third kappa shape index (κ3) is 30.8. The summed E-state index contributed by atoms with van der Waals surface area (Å²) in [7, 11) is 0. The van der Waals surface area contributed by atoms with E-state index in [2.05, 4.69) is 77.3 Å². The van der Waals surface area contributed by atoms with Gasteiger partial charge in [-0.15, -0.1) is 105 Å². The van der Waals surface area contributed by atoms with Gasteiger partial charge in [-0.3, -0.25) is 14.4 Å². The molecule has 0 bridgehead atoms. The van der Waals surface area contributed by atoms with E-state index in [1.165, 1.54) is 41.5 Å². The number of allylic oxidation sites excluding steroid dienone is 6. The first-order valence-corrected chi connectivity index (χ1v) is 44.1. The fourth-order valence-corrected chi connectivity index (χ4v) is 15.3. The SMILES string of the molecule is CCC(CC)C(=O)C=C(O)C(CC)CC.CCC(CC)C(=O)C=C(O)C(CC)CC.CCC(CC)C(=O)C=C(O)C(CC)CC.Cc1[c-]c(-c2cc3oc(-c4ccc(F)cc4)cc3cn2)cc(C)c1.[2H]C(C)(C)c1cccc(C([2H])(C)C)c1-c1cc2cnc(-c3[c-]c(C)cc(C)c3)cc2o1.[2H]C([2H])([2H])c1cccc(C)c1-c1cc2cnc(-c3[c-]c(C)cc(C)c3)cc2o1.[Ir].[Ir].[Ir]. The molecule has 0 spiro atoms. The average molecular weight is 2240 g/mol. The van der Waals surface area contributed by atoms with Gasteiger partial charge in [0.2, 0.25) is 0 Å². The molecule has 0 saturated carbocycles. The number of benzene rings is 6. The molecule has 6 aromatic carbocycles. The van der Waals surface area contributed by atoms with Crippen molar-refractivity contribution in [1.82, 2.24) is 15.0 Å². The summed E-state index contributed by atoms with van der Waals surface area (Å²) in [5.41, 5.74) is 19.2. The number of hydrogen-bond donors (Lipinski definition) is 3. The minimum absolute atomic E-state index is 0. The van der Waals surface area contributed by atoms with Crippen LogP contribution in [0.5, 0.6) is 0 Å². The number of aromatic nitrogens is 3. The third-order valence-corrected chi connectivity index (χ3v) is 22.8. The number of halogens is 1. The maximum atomic E-state index is 13.1. The summed E-state index contributed by atoms with van der Waals surface area (Å²) in [5.74, 6) is 1.65. The van der Waals surface area contributed by atoms with Crippen molar-refractivity contribution in [3.05, 3.63) is 267 Å². The van der Waals surface area contributed by atoms with Crippen LogP contribution in [-0.4, -0.2) is 47.6 Å². The molecule has 12 aromatic rings. The summed E-state index contributed by atoms with van der Waals surface area (Å²) >= 11 is 0. The molecular formula is C110H135FIr3N3O9-3. The number of aryl methyl sites for hydroxylation is 8. The van der Waals surface area contributed by atoms with E-state index in [4.69, 9.17) is 20.1 Å². The first-order valence-electron chi connectivity index (χ1n) is 46.6. The summed E-state index contributed by atoms with van der Waals surface area (Å²) in [6.07, 6.45) is 20.1. The third-order valence-electron chi connectivity index (χ3n) is 22.8. The molecule has 0 atom stereocenters. The number of aliphatic hydroxyl groups is 3. The maximum Gasteiger partial charge on any atom is 0.162 e. The van der Waals surface area contributed by atoms with Crippen molar-refractivity contribution >= 4 is 50.3 Å². The number of carbonyl (C=O) groups excluding carboxylic acids is 3. The quantitative estimate of drug-likeness (QED) is 0.0229. The van der Waals surface area contributed by atoms with Crippen LogP contribution in [0.25, 0.3) is 101 Å². The number of furan rings is 3. The van der Waals surface area contributed by atoms with Crippen molar-refractivity contribution in [2.45, 2.75) is 255 Å². The molecule has 6 heterocycles. The average Bonchev–Trinajstić information content (AvgIpc) is 1.66. The van der Waals surface area contributed by atoms with E-state index in [0.717, 1.165) is 188 Å². The van der Waals surface area contributed by atoms with Gasteiger partial charge in [0.25, 0.3) is 0 Å². The summed E-state index contributed by atoms with van der Waals surface area (Å²) < 4.78 is 72.3. The molecule has 0 fully saturated rings. The molecule has 681 valence electrons. The van der Waals surface area contributed by atoms with Crippen LogP contribution >= 0.6 is 0 Å². The van der Waals surface area contributed by atoms with E-state index in [1.54, 1.807) is 36.7 Å². The van der Waals surface area contributed by atoms with E-state index < -0.39 is 18.6 Å². The Morgan fingerprint density at radius 1 is 0.389 bits per heavy atom. The molecule has 0 saturated heterocycles. The number of rotatable bonds is 29. The second-order valence-corrected chi connectivity index (χ2v) is 32.6. The van der Waals surface area contributed by atoms with Crippen LogP contribution in [0.3, 0.4) is 0 Å². The molecule has 0 aliphatic heterocycles. The molecule has 126 heavy (non-hydrogen) atoms. The first kappa shape index (κ1) is 101. The van der Waals surface area contributed by atoms with E-state index >= 15 is 0 Å². The zero-order valence-corrected chi connectivity index (χ0v) is 85.3. The van der Waals surface area contributed by atoms with Crippen molar-refractivity contribution in [2.75, 3.05) is 0 Å². The van der Waals surface area contributed by atoms with Crippen molar-refractivity contribution in [3.63, 3.8) is 0 Å². The van der Waals surface area contributed by atoms with Gasteiger partial charge in [-0.05, 0) is 203 Å². The van der Waals surface area contributed by atoms with Crippen LogP contribution in [0, 0.1) is 115 Å². The summed E-state index contributed by atoms with van der Waals surface area (Å²) in [4.78, 5) is 48.9. The fourth-order valence-electron chi connectivity index (χ4n) is 15.3. The number of fused-ring (bicyclic) bond motifs is 3. The Morgan fingerprint density at radius 3 is 0.968 bits per heavy atom. The van der Waals surface area contributed by atoms with Gasteiger partial charge in [0.1, 0.15) is 39.8 Å². The first-order chi connectivity index (χ1) is 60.5. The largest absolute Gasteiger partial charge is 0.512 e. The number of carbonyl (C=O) groups is 3. The minimum atomic E-state index is -2.21. The Labute approximate surface area is 799 Å². The molecule has 3 radical (unpaired) electrons. The van der Waals surface area contributed by atoms with Gasteiger partial charge >= 0.3 is 0 Å². The molecule has 0 aliphatic rings. The molecular weight excluding hydrogens is 2100 g/mol. The van der Waals surface area contributed by atoms with Gasteiger partial charge in [-0.1, -0.05) is 189 Å². The normalized spacial score (nSPS) is 12.4. The monoisotopic (exact) mass is 2240 g/mol. The number of hydrogen-bond acceptors (Lipinski definition) is 12. The van der Waals surface area contributed by atoms with Gasteiger partial charge in [-0.25, -0.2) is 4.39 Å². The van der Waals surface area contributed by atoms with Crippen LogP contribution < -0.4 is 0 Å². The van der Waals surface area contributed by atoms with Crippen molar-refractivity contribution in [1.29, 1.82) is 0 Å². The van der Waals surface area contributed by atoms with Crippen molar-refractivity contribution in [2.24, 2.45) is 35.5 Å². The topological polar surface area (TPSA) is 190 Å². The zero-order valence-electron chi connectivity index (χ0n) is 83.1. The van der Waals surface area contributed by atoms with Crippen LogP contribution in [0.4, 0.5) is 4.39 Å². The standard InChI is InChI=1S/C27H28NO.C23H20NO.C21H15FNO.3C13H24O2.3Ir/c1-16(2)22-8-7-9-23(17(3)4)27(22)26-13-21-15-28-24(14-25(21)29-26)20-11-18(5)10-19(6)12-20;1-14-8-15(2)10-18(9-14)20-12-21-19(13-24-20)11-22(25-21)23-16(3)6-5-7-17(23)4;1-13-7-14(2)9-16(8-13)19-11-21-17(12-23-19)10-20(24-21)15-3-5-18(22)6-4-15;3*1-5-10(6-2)12(14)9-13(15)11(7-3)8-4;;;/h7-11,13-17H,1-6H3;5-9,11-13H,1-4H3;3-8,10-12H,1-2H3;3*9-11,14H,5-8H2,1-4H3;;;/q3*-1;;;;;;/i16D,17D;3D3;;;;;;;. The smallest absolute Gasteiger partial charge is 0.162 e. The second-order valence-electron chi connectivity index (χ2n) is 32.6. The number of pyridine rings is 3. The summed E-state index contributed by atoms with van der Waals surface area (Å²) in [5, 5.41) is 31.9. The molecule has 0 amide bonds. The van der Waals surface area contributed by atoms with Crippen LogP contribution in [0.2, 0.25) is 0 Å². The maximum absolute atomic E-state index is 13.1. The summed E-state index contributed by atoms with van der Waals surface area (Å²) in [6, 6.07) is 51.4.